The van der Waals surface area contributed by atoms with E-state index >= 15 is 0 Å². The van der Waals surface area contributed by atoms with Crippen LogP contribution in [0.3, 0.4) is 0 Å². The Bertz CT molecular complexity index is 678. The molecule has 0 aliphatic rings. The molecule has 0 bridgehead atoms. The van der Waals surface area contributed by atoms with Crippen molar-refractivity contribution in [1.29, 1.82) is 0 Å². The lowest BCUT2D eigenvalue weighted by molar-refractivity contribution is -0.142. The first-order valence-corrected chi connectivity index (χ1v) is 15.7. The van der Waals surface area contributed by atoms with Crippen molar-refractivity contribution in [3.05, 3.63) is 0 Å². The molecule has 0 unspecified atom stereocenters. The minimum Gasteiger partial charge on any atom is -0.480 e. The lowest BCUT2D eigenvalue weighted by Crippen LogP contribution is -2.41. The van der Waals surface area contributed by atoms with Crippen LogP contribution in [0.1, 0.15) is 110 Å². The summed E-state index contributed by atoms with van der Waals surface area (Å²) < 4.78 is 15.9. The van der Waals surface area contributed by atoms with Gasteiger partial charge in [-0.05, 0) is 19.3 Å². The predicted octanol–water partition coefficient (Wildman–Crippen LogP) is 3.73. The molecule has 0 aromatic heterocycles. The van der Waals surface area contributed by atoms with E-state index < -0.39 is 12.0 Å². The summed E-state index contributed by atoms with van der Waals surface area (Å²) in [6.07, 6.45) is 14.3. The molecule has 0 saturated heterocycles. The molecule has 4 N–H and O–H groups in total. The number of carbonyl (C=O) groups excluding carboxylic acids is 3. The highest BCUT2D eigenvalue weighted by Crippen LogP contribution is 2.12. The number of rotatable bonds is 30. The molecule has 0 spiro atoms. The zero-order valence-electron chi connectivity index (χ0n) is 25.6. The molecule has 11 heteroatoms. The third-order valence-corrected chi connectivity index (χ3v) is 6.39. The van der Waals surface area contributed by atoms with Crippen LogP contribution in [0, 0.1) is 0 Å². The smallest absolute Gasteiger partial charge is 0.326 e. The van der Waals surface area contributed by atoms with Crippen molar-refractivity contribution in [1.82, 2.24) is 16.0 Å². The molecule has 1 atom stereocenters. The van der Waals surface area contributed by atoms with E-state index in [4.69, 9.17) is 14.2 Å². The van der Waals surface area contributed by atoms with Gasteiger partial charge >= 0.3 is 5.97 Å². The average Bonchev–Trinajstić information content (AvgIpc) is 2.95. The van der Waals surface area contributed by atoms with Gasteiger partial charge in [0.15, 0.2) is 0 Å². The highest BCUT2D eigenvalue weighted by Gasteiger charge is 2.20. The molecule has 0 fully saturated rings. The van der Waals surface area contributed by atoms with Crippen LogP contribution in [0.25, 0.3) is 0 Å². The van der Waals surface area contributed by atoms with Crippen LogP contribution in [0.5, 0.6) is 0 Å². The van der Waals surface area contributed by atoms with E-state index in [1.807, 2.05) is 6.92 Å². The van der Waals surface area contributed by atoms with Gasteiger partial charge < -0.3 is 35.3 Å². The quantitative estimate of drug-likeness (QED) is 0.0928. The lowest BCUT2D eigenvalue weighted by Gasteiger charge is -2.14. The van der Waals surface area contributed by atoms with Gasteiger partial charge in [-0.2, -0.15) is 0 Å². The zero-order chi connectivity index (χ0) is 30.4. The molecule has 0 radical (unpaired) electrons. The number of hydrogen-bond acceptors (Lipinski definition) is 7. The van der Waals surface area contributed by atoms with Gasteiger partial charge in [0.25, 0.3) is 0 Å². The van der Waals surface area contributed by atoms with Gasteiger partial charge in [0.2, 0.25) is 17.7 Å². The summed E-state index contributed by atoms with van der Waals surface area (Å²) in [5.74, 6) is -1.97. The maximum absolute atomic E-state index is 12.2. The molecule has 41 heavy (non-hydrogen) atoms. The number of unbranched alkanes of at least 4 members (excludes halogenated alkanes) is 10. The number of ether oxygens (including phenoxy) is 3. The normalized spacial score (nSPS) is 11.7. The molecule has 3 amide bonds. The molecule has 0 rings (SSSR count). The second kappa shape index (κ2) is 29.3. The van der Waals surface area contributed by atoms with Crippen molar-refractivity contribution in [2.24, 2.45) is 0 Å². The number of nitrogens with one attached hydrogen (secondary N) is 3. The molecule has 0 aliphatic carbocycles. The van der Waals surface area contributed by atoms with Gasteiger partial charge in [0.1, 0.15) is 12.6 Å². The summed E-state index contributed by atoms with van der Waals surface area (Å²) >= 11 is 0. The van der Waals surface area contributed by atoms with Crippen molar-refractivity contribution in [3.63, 3.8) is 0 Å². The largest absolute Gasteiger partial charge is 0.480 e. The summed E-state index contributed by atoms with van der Waals surface area (Å²) in [5, 5.41) is 17.3. The van der Waals surface area contributed by atoms with E-state index in [2.05, 4.69) is 22.9 Å². The van der Waals surface area contributed by atoms with E-state index in [-0.39, 0.29) is 63.5 Å². The van der Waals surface area contributed by atoms with E-state index in [0.29, 0.717) is 26.2 Å². The standard InChI is InChI=1S/C30H57N3O8/c1-3-5-6-7-8-9-10-11-12-13-14-15-28(35)33-26(30(37)38)16-17-27(34)31-18-22-40-23-24-41-25-29(36)32-19-21-39-20-4-2/h26H,3-25H2,1-2H3,(H,31,34)(H,32,36)(H,33,35)(H,37,38)/t26-/m0/s1. The number of carboxylic acid groups (broad SMARTS) is 1. The second-order valence-electron chi connectivity index (χ2n) is 10.3. The predicted molar refractivity (Wildman–Crippen MR) is 159 cm³/mol. The molecular formula is C30H57N3O8. The van der Waals surface area contributed by atoms with Gasteiger partial charge in [-0.25, -0.2) is 4.79 Å². The first-order valence-electron chi connectivity index (χ1n) is 15.7. The first kappa shape index (κ1) is 38.8. The minimum atomic E-state index is -1.15. The number of hydrogen-bond donors (Lipinski definition) is 4. The van der Waals surface area contributed by atoms with Crippen molar-refractivity contribution >= 4 is 23.7 Å². The van der Waals surface area contributed by atoms with E-state index in [1.54, 1.807) is 0 Å². The average molecular weight is 588 g/mol. The highest BCUT2D eigenvalue weighted by atomic mass is 16.5. The van der Waals surface area contributed by atoms with Gasteiger partial charge in [0.05, 0.1) is 26.4 Å². The molecule has 0 heterocycles. The van der Waals surface area contributed by atoms with Crippen molar-refractivity contribution < 1.29 is 38.5 Å². The summed E-state index contributed by atoms with van der Waals surface area (Å²) in [5.41, 5.74) is 0. The molecule has 240 valence electrons. The van der Waals surface area contributed by atoms with Crippen LogP contribution in [0.15, 0.2) is 0 Å². The number of aliphatic carboxylic acids is 1. The zero-order valence-corrected chi connectivity index (χ0v) is 25.6. The summed E-state index contributed by atoms with van der Waals surface area (Å²) in [4.78, 5) is 47.3. The third-order valence-electron chi connectivity index (χ3n) is 6.39. The number of carboxylic acids is 1. The molecule has 0 saturated carbocycles. The Kier molecular flexibility index (Phi) is 27.7. The Morgan fingerprint density at radius 1 is 0.585 bits per heavy atom. The minimum absolute atomic E-state index is 0.0165. The van der Waals surface area contributed by atoms with Crippen LogP contribution in [-0.2, 0) is 33.4 Å². The van der Waals surface area contributed by atoms with Gasteiger partial charge in [0, 0.05) is 32.5 Å². The van der Waals surface area contributed by atoms with Crippen LogP contribution in [-0.4, -0.2) is 87.6 Å². The van der Waals surface area contributed by atoms with Crippen LogP contribution >= 0.6 is 0 Å². The molecule has 0 aromatic carbocycles. The fourth-order valence-corrected chi connectivity index (χ4v) is 4.04. The van der Waals surface area contributed by atoms with Crippen molar-refractivity contribution in [2.75, 3.05) is 52.7 Å². The first-order chi connectivity index (χ1) is 19.9. The maximum Gasteiger partial charge on any atom is 0.326 e. The molecule has 11 nitrogen and oxygen atoms in total. The van der Waals surface area contributed by atoms with Gasteiger partial charge in [-0.15, -0.1) is 0 Å². The molecule has 0 aliphatic heterocycles. The number of carbonyl (C=O) groups is 4. The van der Waals surface area contributed by atoms with E-state index in [1.165, 1.54) is 51.4 Å². The van der Waals surface area contributed by atoms with Crippen LogP contribution in [0.4, 0.5) is 0 Å². The monoisotopic (exact) mass is 587 g/mol. The Morgan fingerprint density at radius 2 is 1.12 bits per heavy atom. The summed E-state index contributed by atoms with van der Waals surface area (Å²) in [6, 6.07) is -1.09. The number of amides is 3. The lowest BCUT2D eigenvalue weighted by atomic mass is 10.0. The Hall–Kier alpha value is -2.24. The van der Waals surface area contributed by atoms with Crippen molar-refractivity contribution in [2.45, 2.75) is 116 Å². The van der Waals surface area contributed by atoms with Gasteiger partial charge in [-0.3, -0.25) is 14.4 Å². The van der Waals surface area contributed by atoms with Crippen LogP contribution in [0.2, 0.25) is 0 Å². The Labute approximate surface area is 247 Å². The second-order valence-corrected chi connectivity index (χ2v) is 10.3. The topological polar surface area (TPSA) is 152 Å². The maximum atomic E-state index is 12.2. The van der Waals surface area contributed by atoms with Crippen molar-refractivity contribution in [3.8, 4) is 0 Å². The fraction of sp³-hybridized carbons (Fsp3) is 0.867. The summed E-state index contributed by atoms with van der Waals surface area (Å²) in [6.45, 7) is 6.80. The Morgan fingerprint density at radius 3 is 1.71 bits per heavy atom. The van der Waals surface area contributed by atoms with Crippen LogP contribution < -0.4 is 16.0 Å². The summed E-state index contributed by atoms with van der Waals surface area (Å²) in [7, 11) is 0. The Balaban J connectivity index is 3.73. The third kappa shape index (κ3) is 27.7. The molecule has 0 aromatic rings. The fourth-order valence-electron chi connectivity index (χ4n) is 4.04. The van der Waals surface area contributed by atoms with Gasteiger partial charge in [-0.1, -0.05) is 78.1 Å². The highest BCUT2D eigenvalue weighted by molar-refractivity contribution is 5.84. The molecular weight excluding hydrogens is 530 g/mol. The van der Waals surface area contributed by atoms with E-state index in [9.17, 15) is 24.3 Å². The SMILES string of the molecule is CCCCCCCCCCCCCC(=O)N[C@@H](CCC(=O)NCCOCCOCC(=O)NCCOCCC)C(=O)O. The van der Waals surface area contributed by atoms with E-state index in [0.717, 1.165) is 25.7 Å².